The standard InChI is InChI=1S/C33H49ClFN4O10PS/c1-2-3-4-5-6-7-8-9-10-11-12-13-27(40)47-20-48-50(43,44)21-51(45,46)19-26-29(41)30(42)33(49-26)39-15-14-24-28(37-23-16-22(35)17-23)25(18-36)31(34)38-32(24)39/h14-15,22-23,26,29-30,33,41-42H,2-13,16-17,19-21H2,1H3,(H,37,38)(H,43,44)/t22?,23?,26-,29-,30-,33-/m1/s1. The number of pyridine rings is 1. The molecule has 1 saturated carbocycles. The largest absolute Gasteiger partial charge is 0.438 e. The molecule has 0 radical (unpaired) electrons. The van der Waals surface area contributed by atoms with Crippen LogP contribution in [0.15, 0.2) is 12.3 Å². The minimum absolute atomic E-state index is 0.0379. The van der Waals surface area contributed by atoms with Gasteiger partial charge in [-0.3, -0.25) is 13.9 Å². The van der Waals surface area contributed by atoms with Gasteiger partial charge in [0, 0.05) is 24.0 Å². The molecule has 2 aromatic heterocycles. The van der Waals surface area contributed by atoms with Crippen LogP contribution in [0.1, 0.15) is 109 Å². The lowest BCUT2D eigenvalue weighted by Crippen LogP contribution is -2.36. The van der Waals surface area contributed by atoms with Gasteiger partial charge in [-0.15, -0.1) is 0 Å². The average Bonchev–Trinajstić information content (AvgIpc) is 3.57. The summed E-state index contributed by atoms with van der Waals surface area (Å²) in [6.07, 6.45) is 7.10. The molecule has 1 aliphatic heterocycles. The SMILES string of the molecule is CCCCCCCCCCCCCC(=O)OCOP(=O)(O)CS(=O)(=O)C[C@H]1O[C@@H](n2ccc3c(NC4CC(F)C4)c(C#N)c(Cl)nc32)[C@H](O)[C@@H]1O. The average molecular weight is 779 g/mol. The normalized spacial score (nSPS) is 24.6. The molecule has 2 aliphatic rings. The van der Waals surface area contributed by atoms with Crippen LogP contribution in [0.3, 0.4) is 0 Å². The summed E-state index contributed by atoms with van der Waals surface area (Å²) in [7, 11) is -9.23. The number of nitrogens with one attached hydrogen (secondary N) is 1. The predicted molar refractivity (Wildman–Crippen MR) is 189 cm³/mol. The van der Waals surface area contributed by atoms with Gasteiger partial charge in [0.2, 0.25) is 6.79 Å². The Labute approximate surface area is 303 Å². The predicted octanol–water partition coefficient (Wildman–Crippen LogP) is 5.87. The van der Waals surface area contributed by atoms with Crippen molar-refractivity contribution in [3.63, 3.8) is 0 Å². The van der Waals surface area contributed by atoms with Crippen LogP contribution in [-0.4, -0.2) is 87.6 Å². The topological polar surface area (TPSA) is 210 Å². The molecule has 0 bridgehead atoms. The summed E-state index contributed by atoms with van der Waals surface area (Å²) in [5, 5.41) is 34.6. The van der Waals surface area contributed by atoms with Crippen LogP contribution in [0.4, 0.5) is 10.1 Å². The first-order chi connectivity index (χ1) is 24.2. The number of ether oxygens (including phenoxy) is 2. The van der Waals surface area contributed by atoms with Crippen molar-refractivity contribution < 1.29 is 51.3 Å². The molecule has 1 saturated heterocycles. The van der Waals surface area contributed by atoms with E-state index >= 15 is 0 Å². The Hall–Kier alpha value is -2.35. The molecule has 2 fully saturated rings. The lowest BCUT2D eigenvalue weighted by Gasteiger charge is -2.31. The van der Waals surface area contributed by atoms with Crippen molar-refractivity contribution in [2.24, 2.45) is 0 Å². The van der Waals surface area contributed by atoms with E-state index < -0.39 is 72.2 Å². The number of esters is 1. The van der Waals surface area contributed by atoms with Crippen LogP contribution >= 0.6 is 19.2 Å². The van der Waals surface area contributed by atoms with Gasteiger partial charge in [0.05, 0.1) is 11.4 Å². The van der Waals surface area contributed by atoms with Gasteiger partial charge in [-0.1, -0.05) is 82.7 Å². The van der Waals surface area contributed by atoms with Crippen LogP contribution in [0.2, 0.25) is 5.15 Å². The van der Waals surface area contributed by atoms with Gasteiger partial charge in [-0.25, -0.2) is 17.8 Å². The van der Waals surface area contributed by atoms with Crippen molar-refractivity contribution in [3.8, 4) is 6.07 Å². The number of anilines is 1. The molecule has 4 N–H and O–H groups in total. The van der Waals surface area contributed by atoms with Gasteiger partial charge in [0.15, 0.2) is 26.7 Å². The number of carbonyl (C=O) groups excluding carboxylic acids is 1. The number of sulfone groups is 1. The summed E-state index contributed by atoms with van der Waals surface area (Å²) in [6.45, 7) is 1.29. The van der Waals surface area contributed by atoms with E-state index in [0.717, 1.165) is 25.7 Å². The third-order valence-corrected chi connectivity index (χ3v) is 13.7. The molecule has 286 valence electrons. The summed E-state index contributed by atoms with van der Waals surface area (Å²) >= 11 is 6.29. The number of halogens is 2. The minimum atomic E-state index is -4.80. The first-order valence-electron chi connectivity index (χ1n) is 17.6. The molecule has 1 aliphatic carbocycles. The fourth-order valence-electron chi connectivity index (χ4n) is 6.33. The number of unbranched alkanes of at least 4 members (excludes halogenated alkanes) is 10. The first-order valence-corrected chi connectivity index (χ1v) is 21.6. The number of rotatable bonds is 22. The zero-order chi connectivity index (χ0) is 37.2. The summed E-state index contributed by atoms with van der Waals surface area (Å²) < 4.78 is 68.5. The van der Waals surface area contributed by atoms with Gasteiger partial charge >= 0.3 is 13.6 Å². The van der Waals surface area contributed by atoms with Crippen LogP contribution in [-0.2, 0) is 33.2 Å². The Kier molecular flexibility index (Phi) is 15.5. The lowest BCUT2D eigenvalue weighted by molar-refractivity contribution is -0.150. The highest BCUT2D eigenvalue weighted by Crippen LogP contribution is 2.44. The third-order valence-electron chi connectivity index (χ3n) is 9.21. The second-order valence-corrected chi connectivity index (χ2v) is 18.2. The van der Waals surface area contributed by atoms with Crippen molar-refractivity contribution in [2.75, 3.05) is 23.4 Å². The summed E-state index contributed by atoms with van der Waals surface area (Å²) in [5.41, 5.74) is -0.853. The Morgan fingerprint density at radius 2 is 1.76 bits per heavy atom. The van der Waals surface area contributed by atoms with E-state index in [2.05, 4.69) is 17.2 Å². The number of aromatic nitrogens is 2. The van der Waals surface area contributed by atoms with Crippen LogP contribution in [0.5, 0.6) is 0 Å². The number of aliphatic hydroxyl groups excluding tert-OH is 2. The molecule has 1 unspecified atom stereocenters. The van der Waals surface area contributed by atoms with Gasteiger partial charge < -0.3 is 34.5 Å². The van der Waals surface area contributed by atoms with E-state index in [1.807, 2.05) is 6.07 Å². The minimum Gasteiger partial charge on any atom is -0.438 e. The van der Waals surface area contributed by atoms with E-state index in [1.54, 1.807) is 6.07 Å². The molecule has 0 spiro atoms. The molecular weight excluding hydrogens is 730 g/mol. The monoisotopic (exact) mass is 778 g/mol. The molecular formula is C33H49ClFN4O10PS. The molecule has 5 atom stereocenters. The number of hydrogen-bond acceptors (Lipinski definition) is 12. The van der Waals surface area contributed by atoms with Crippen LogP contribution < -0.4 is 5.32 Å². The molecule has 2 aromatic rings. The highest BCUT2D eigenvalue weighted by Gasteiger charge is 2.47. The number of nitrogens with zero attached hydrogens (tertiary/aromatic N) is 3. The van der Waals surface area contributed by atoms with Crippen molar-refractivity contribution in [1.29, 1.82) is 5.26 Å². The number of fused-ring (bicyclic) bond motifs is 1. The lowest BCUT2D eigenvalue weighted by atomic mass is 9.90. The maximum atomic E-state index is 13.5. The van der Waals surface area contributed by atoms with Crippen molar-refractivity contribution in [3.05, 3.63) is 23.0 Å². The zero-order valence-electron chi connectivity index (χ0n) is 28.8. The maximum absolute atomic E-state index is 13.5. The van der Waals surface area contributed by atoms with Gasteiger partial charge in [0.25, 0.3) is 0 Å². The molecule has 0 amide bonds. The fraction of sp³-hybridized carbons (Fsp3) is 0.727. The molecule has 18 heteroatoms. The van der Waals surface area contributed by atoms with E-state index in [0.29, 0.717) is 17.5 Å². The smallest absolute Gasteiger partial charge is 0.346 e. The Balaban J connectivity index is 1.23. The molecule has 51 heavy (non-hydrogen) atoms. The number of carbonyl (C=O) groups is 1. The van der Waals surface area contributed by atoms with Crippen molar-refractivity contribution in [2.45, 2.75) is 134 Å². The number of alkyl halides is 1. The number of aliphatic hydroxyl groups is 2. The Bertz CT molecular complexity index is 1670. The van der Waals surface area contributed by atoms with E-state index in [1.165, 1.54) is 49.3 Å². The van der Waals surface area contributed by atoms with E-state index in [-0.39, 0.29) is 41.7 Å². The molecule has 4 rings (SSSR count). The van der Waals surface area contributed by atoms with E-state index in [9.17, 15) is 42.5 Å². The van der Waals surface area contributed by atoms with Gasteiger partial charge in [0.1, 0.15) is 41.8 Å². The highest BCUT2D eigenvalue weighted by atomic mass is 35.5. The summed E-state index contributed by atoms with van der Waals surface area (Å²) in [4.78, 5) is 26.5. The summed E-state index contributed by atoms with van der Waals surface area (Å²) in [6, 6.07) is 3.31. The van der Waals surface area contributed by atoms with Crippen molar-refractivity contribution in [1.82, 2.24) is 9.55 Å². The first kappa shape index (κ1) is 41.4. The zero-order valence-corrected chi connectivity index (χ0v) is 31.3. The fourth-order valence-corrected chi connectivity index (χ4v) is 10.3. The van der Waals surface area contributed by atoms with E-state index in [4.69, 9.17) is 25.6 Å². The van der Waals surface area contributed by atoms with Crippen LogP contribution in [0.25, 0.3) is 11.0 Å². The van der Waals surface area contributed by atoms with Crippen molar-refractivity contribution >= 4 is 51.7 Å². The van der Waals surface area contributed by atoms with Gasteiger partial charge in [-0.2, -0.15) is 5.26 Å². The Morgan fingerprint density at radius 1 is 1.14 bits per heavy atom. The number of hydrogen-bond donors (Lipinski definition) is 4. The molecule has 14 nitrogen and oxygen atoms in total. The maximum Gasteiger partial charge on any atom is 0.346 e. The number of nitriles is 1. The summed E-state index contributed by atoms with van der Waals surface area (Å²) in [5.74, 6) is -1.58. The molecule has 0 aromatic carbocycles. The molecule has 3 heterocycles. The second kappa shape index (κ2) is 19.1. The van der Waals surface area contributed by atoms with Gasteiger partial charge in [-0.05, 0) is 25.3 Å². The van der Waals surface area contributed by atoms with Crippen LogP contribution in [0, 0.1) is 11.3 Å². The highest BCUT2D eigenvalue weighted by molar-refractivity contribution is 7.97. The third kappa shape index (κ3) is 11.8. The Morgan fingerprint density at radius 3 is 2.37 bits per heavy atom. The quantitative estimate of drug-likeness (QED) is 0.0363. The second-order valence-electron chi connectivity index (χ2n) is 13.4.